The number of carbonyl (C=O) groups is 1. The second-order valence-electron chi connectivity index (χ2n) is 4.43. The molecule has 0 spiro atoms. The molecule has 0 unspecified atom stereocenters. The van der Waals surface area contributed by atoms with Gasteiger partial charge in [0.2, 0.25) is 0 Å². The summed E-state index contributed by atoms with van der Waals surface area (Å²) in [6.45, 7) is 0.416. The number of benzene rings is 2. The summed E-state index contributed by atoms with van der Waals surface area (Å²) in [5.41, 5.74) is 1.15. The summed E-state index contributed by atoms with van der Waals surface area (Å²) in [4.78, 5) is 11.9. The fourth-order valence-electron chi connectivity index (χ4n) is 1.93. The summed E-state index contributed by atoms with van der Waals surface area (Å²) in [6.07, 6.45) is 0.669. The Bertz CT molecular complexity index is 730. The number of nitrogens with one attached hydrogen (secondary N) is 1. The predicted molar refractivity (Wildman–Crippen MR) is 82.0 cm³/mol. The van der Waals surface area contributed by atoms with E-state index >= 15 is 0 Å². The lowest BCUT2D eigenvalue weighted by Gasteiger charge is -2.08. The minimum Gasteiger partial charge on any atom is -0.352 e. The van der Waals surface area contributed by atoms with Crippen molar-refractivity contribution in [1.29, 1.82) is 0 Å². The van der Waals surface area contributed by atoms with Gasteiger partial charge in [-0.15, -0.1) is 0 Å². The molecular weight excluding hydrogens is 310 g/mol. The molecule has 6 heteroatoms. The van der Waals surface area contributed by atoms with E-state index in [1.807, 2.05) is 30.3 Å². The highest BCUT2D eigenvalue weighted by atomic mass is 35.7. The molecular formula is C15H14ClNO3S. The van der Waals surface area contributed by atoms with Gasteiger partial charge in [0.05, 0.1) is 10.5 Å². The van der Waals surface area contributed by atoms with E-state index in [9.17, 15) is 13.2 Å². The van der Waals surface area contributed by atoms with E-state index in [0.29, 0.717) is 13.0 Å². The van der Waals surface area contributed by atoms with E-state index in [2.05, 4.69) is 5.32 Å². The largest absolute Gasteiger partial charge is 0.352 e. The van der Waals surface area contributed by atoms with Crippen molar-refractivity contribution in [3.8, 4) is 0 Å². The van der Waals surface area contributed by atoms with Crippen LogP contribution in [0.25, 0.3) is 0 Å². The average molecular weight is 324 g/mol. The van der Waals surface area contributed by atoms with Gasteiger partial charge in [0.15, 0.2) is 0 Å². The number of carbonyl (C=O) groups excluding carboxylic acids is 1. The van der Waals surface area contributed by atoms with Gasteiger partial charge < -0.3 is 5.32 Å². The molecule has 0 aliphatic heterocycles. The first-order valence-corrected chi connectivity index (χ1v) is 8.65. The van der Waals surface area contributed by atoms with Crippen LogP contribution in [-0.4, -0.2) is 20.9 Å². The monoisotopic (exact) mass is 323 g/mol. The van der Waals surface area contributed by atoms with Crippen molar-refractivity contribution in [3.63, 3.8) is 0 Å². The van der Waals surface area contributed by atoms with E-state index in [0.717, 1.165) is 5.56 Å². The molecule has 21 heavy (non-hydrogen) atoms. The minimum absolute atomic E-state index is 0.0561. The van der Waals surface area contributed by atoms with E-state index in [-0.39, 0.29) is 10.5 Å². The Kier molecular flexibility index (Phi) is 4.98. The number of hydrogen-bond acceptors (Lipinski definition) is 3. The quantitative estimate of drug-likeness (QED) is 0.860. The summed E-state index contributed by atoms with van der Waals surface area (Å²) in [5.74, 6) is -0.453. The Labute approximate surface area is 128 Å². The lowest BCUT2D eigenvalue weighted by atomic mass is 10.1. The summed E-state index contributed by atoms with van der Waals surface area (Å²) in [5, 5.41) is 2.70. The molecule has 2 aromatic carbocycles. The Hall–Kier alpha value is -1.85. The lowest BCUT2D eigenvalue weighted by molar-refractivity contribution is 0.0951. The van der Waals surface area contributed by atoms with Gasteiger partial charge in [-0.25, -0.2) is 8.42 Å². The van der Waals surface area contributed by atoms with Crippen LogP contribution in [-0.2, 0) is 15.5 Å². The van der Waals surface area contributed by atoms with Crippen molar-refractivity contribution < 1.29 is 13.2 Å². The zero-order chi connectivity index (χ0) is 15.3. The molecule has 1 N–H and O–H groups in total. The molecule has 2 rings (SSSR count). The second-order valence-corrected chi connectivity index (χ2v) is 6.96. The van der Waals surface area contributed by atoms with Gasteiger partial charge in [0.1, 0.15) is 0 Å². The van der Waals surface area contributed by atoms with Crippen LogP contribution in [0.1, 0.15) is 15.9 Å². The van der Waals surface area contributed by atoms with E-state index in [4.69, 9.17) is 10.7 Å². The molecule has 0 bridgehead atoms. The smallest absolute Gasteiger partial charge is 0.262 e. The maximum Gasteiger partial charge on any atom is 0.262 e. The first-order valence-electron chi connectivity index (χ1n) is 6.34. The molecule has 110 valence electrons. The fourth-order valence-corrected chi connectivity index (χ4v) is 3.00. The summed E-state index contributed by atoms with van der Waals surface area (Å²) < 4.78 is 22.9. The molecule has 4 nitrogen and oxygen atoms in total. The lowest BCUT2D eigenvalue weighted by Crippen LogP contribution is -2.26. The molecule has 0 atom stereocenters. The van der Waals surface area contributed by atoms with Crippen LogP contribution in [0.3, 0.4) is 0 Å². The highest BCUT2D eigenvalue weighted by Gasteiger charge is 2.19. The fraction of sp³-hybridized carbons (Fsp3) is 0.133. The number of amides is 1. The predicted octanol–water partition coefficient (Wildman–Crippen LogP) is 2.59. The molecule has 0 fully saturated rings. The molecule has 0 radical (unpaired) electrons. The van der Waals surface area contributed by atoms with Crippen molar-refractivity contribution in [2.75, 3.05) is 6.54 Å². The molecule has 0 aliphatic carbocycles. The normalized spacial score (nSPS) is 11.1. The van der Waals surface area contributed by atoms with Crippen molar-refractivity contribution in [2.24, 2.45) is 0 Å². The molecule has 2 aromatic rings. The Balaban J connectivity index is 2.05. The highest BCUT2D eigenvalue weighted by molar-refractivity contribution is 8.13. The van der Waals surface area contributed by atoms with Gasteiger partial charge in [-0.3, -0.25) is 4.79 Å². The molecule has 0 aliphatic rings. The van der Waals surface area contributed by atoms with Gasteiger partial charge in [-0.2, -0.15) is 0 Å². The van der Waals surface area contributed by atoms with Crippen molar-refractivity contribution in [1.82, 2.24) is 5.32 Å². The summed E-state index contributed by atoms with van der Waals surface area (Å²) >= 11 is 0. The summed E-state index contributed by atoms with van der Waals surface area (Å²) in [7, 11) is 1.39. The third kappa shape index (κ3) is 4.31. The molecule has 0 heterocycles. The van der Waals surface area contributed by atoms with Crippen molar-refractivity contribution in [3.05, 3.63) is 65.7 Å². The maximum absolute atomic E-state index is 12.1. The number of halogens is 1. The zero-order valence-electron chi connectivity index (χ0n) is 11.1. The molecule has 1 amide bonds. The summed E-state index contributed by atoms with van der Waals surface area (Å²) in [6, 6.07) is 15.6. The third-order valence-electron chi connectivity index (χ3n) is 2.94. The van der Waals surface area contributed by atoms with Crippen molar-refractivity contribution in [2.45, 2.75) is 11.3 Å². The van der Waals surface area contributed by atoms with Crippen LogP contribution < -0.4 is 5.32 Å². The number of rotatable bonds is 5. The van der Waals surface area contributed by atoms with Crippen molar-refractivity contribution >= 4 is 25.6 Å². The SMILES string of the molecule is O=C(NCCc1ccccc1)c1ccccc1S(=O)(=O)Cl. The van der Waals surface area contributed by atoms with Gasteiger partial charge in [-0.05, 0) is 24.1 Å². The zero-order valence-corrected chi connectivity index (χ0v) is 12.7. The standard InChI is InChI=1S/C15H14ClNO3S/c16-21(19,20)14-9-5-4-8-13(14)15(18)17-11-10-12-6-2-1-3-7-12/h1-9H,10-11H2,(H,17,18). The molecule has 0 saturated carbocycles. The first kappa shape index (κ1) is 15.5. The van der Waals surface area contributed by atoms with Gasteiger partial charge in [0.25, 0.3) is 15.0 Å². The van der Waals surface area contributed by atoms with Gasteiger partial charge in [-0.1, -0.05) is 42.5 Å². The van der Waals surface area contributed by atoms with Crippen LogP contribution in [0.5, 0.6) is 0 Å². The van der Waals surface area contributed by atoms with Crippen LogP contribution in [0.15, 0.2) is 59.5 Å². The molecule has 0 saturated heterocycles. The van der Waals surface area contributed by atoms with Gasteiger partial charge >= 0.3 is 0 Å². The van der Waals surface area contributed by atoms with Gasteiger partial charge in [0, 0.05) is 17.2 Å². The number of hydrogen-bond donors (Lipinski definition) is 1. The highest BCUT2D eigenvalue weighted by Crippen LogP contribution is 2.19. The van der Waals surface area contributed by atoms with Crippen LogP contribution in [0, 0.1) is 0 Å². The van der Waals surface area contributed by atoms with E-state index < -0.39 is 15.0 Å². The van der Waals surface area contributed by atoms with Crippen LogP contribution >= 0.6 is 10.7 Å². The molecule has 0 aromatic heterocycles. The average Bonchev–Trinajstić information content (AvgIpc) is 2.47. The topological polar surface area (TPSA) is 63.2 Å². The van der Waals surface area contributed by atoms with E-state index in [1.165, 1.54) is 18.2 Å². The maximum atomic E-state index is 12.1. The first-order chi connectivity index (χ1) is 9.98. The third-order valence-corrected chi connectivity index (χ3v) is 4.32. The van der Waals surface area contributed by atoms with Crippen LogP contribution in [0.4, 0.5) is 0 Å². The van der Waals surface area contributed by atoms with E-state index in [1.54, 1.807) is 6.07 Å². The van der Waals surface area contributed by atoms with Crippen LogP contribution in [0.2, 0.25) is 0 Å². The Morgan fingerprint density at radius 3 is 2.29 bits per heavy atom. The Morgan fingerprint density at radius 1 is 1.00 bits per heavy atom. The minimum atomic E-state index is -3.94. The second kappa shape index (κ2) is 6.74. The Morgan fingerprint density at radius 2 is 1.62 bits per heavy atom.